The number of hydrogen-bond acceptors (Lipinski definition) is 3. The lowest BCUT2D eigenvalue weighted by atomic mass is 9.95. The van der Waals surface area contributed by atoms with E-state index in [-0.39, 0.29) is 24.0 Å². The van der Waals surface area contributed by atoms with Gasteiger partial charge >= 0.3 is 0 Å². The number of hydrogen-bond donors (Lipinski definition) is 2. The van der Waals surface area contributed by atoms with Gasteiger partial charge in [0.05, 0.1) is 6.26 Å². The van der Waals surface area contributed by atoms with Crippen molar-refractivity contribution >= 4 is 41.7 Å². The summed E-state index contributed by atoms with van der Waals surface area (Å²) >= 11 is 1.99. The van der Waals surface area contributed by atoms with Gasteiger partial charge in [0.25, 0.3) is 0 Å². The summed E-state index contributed by atoms with van der Waals surface area (Å²) < 4.78 is 5.34. The maximum absolute atomic E-state index is 5.34. The lowest BCUT2D eigenvalue weighted by Gasteiger charge is -2.29. The molecule has 6 heteroatoms. The van der Waals surface area contributed by atoms with Crippen LogP contribution in [0.1, 0.15) is 38.4 Å². The predicted molar refractivity (Wildman–Crippen MR) is 107 cm³/mol. The summed E-state index contributed by atoms with van der Waals surface area (Å²) in [4.78, 5) is 4.66. The maximum Gasteiger partial charge on any atom is 0.191 e. The summed E-state index contributed by atoms with van der Waals surface area (Å²) in [5, 5.41) is 7.73. The van der Waals surface area contributed by atoms with Gasteiger partial charge in [-0.25, -0.2) is 0 Å². The minimum absolute atomic E-state index is 0. The van der Waals surface area contributed by atoms with Gasteiger partial charge in [-0.05, 0) is 44.6 Å². The number of rotatable bonds is 6. The van der Waals surface area contributed by atoms with Crippen molar-refractivity contribution in [3.8, 4) is 0 Å². The molecule has 126 valence electrons. The van der Waals surface area contributed by atoms with E-state index in [2.05, 4.69) is 28.8 Å². The first-order valence-electron chi connectivity index (χ1n) is 7.91. The van der Waals surface area contributed by atoms with Crippen molar-refractivity contribution in [2.24, 2.45) is 4.99 Å². The summed E-state index contributed by atoms with van der Waals surface area (Å²) in [6, 6.07) is 4.48. The van der Waals surface area contributed by atoms with Gasteiger partial charge in [-0.3, -0.25) is 4.99 Å². The second-order valence-corrected chi connectivity index (χ2v) is 6.59. The number of nitrogens with zero attached hydrogens (tertiary/aromatic N) is 1. The number of furan rings is 1. The number of aliphatic imine (C=N–C) groups is 1. The van der Waals surface area contributed by atoms with E-state index in [4.69, 9.17) is 4.42 Å². The quantitative estimate of drug-likeness (QED) is 0.405. The molecule has 0 aromatic carbocycles. The molecule has 0 saturated heterocycles. The summed E-state index contributed by atoms with van der Waals surface area (Å²) in [6.45, 7) is 3.75. The third-order valence-electron chi connectivity index (χ3n) is 3.85. The Hall–Kier alpha value is -0.370. The monoisotopic (exact) mass is 437 g/mol. The Morgan fingerprint density at radius 2 is 2.32 bits per heavy atom. The SMILES string of the molecule is CCNC(=NCCc1ccco1)NC1CCCC(SC)C1.I. The van der Waals surface area contributed by atoms with Crippen LogP contribution in [-0.4, -0.2) is 36.6 Å². The van der Waals surface area contributed by atoms with Crippen molar-refractivity contribution in [1.82, 2.24) is 10.6 Å². The van der Waals surface area contributed by atoms with Crippen LogP contribution in [0, 0.1) is 0 Å². The zero-order valence-electron chi connectivity index (χ0n) is 13.5. The molecule has 1 saturated carbocycles. The first-order chi connectivity index (χ1) is 10.3. The molecule has 1 aliphatic carbocycles. The van der Waals surface area contributed by atoms with Crippen molar-refractivity contribution in [3.05, 3.63) is 24.2 Å². The van der Waals surface area contributed by atoms with E-state index in [0.717, 1.165) is 36.5 Å². The Morgan fingerprint density at radius 1 is 1.45 bits per heavy atom. The summed E-state index contributed by atoms with van der Waals surface area (Å²) in [7, 11) is 0. The molecule has 0 radical (unpaired) electrons. The van der Waals surface area contributed by atoms with Crippen molar-refractivity contribution < 1.29 is 4.42 Å². The van der Waals surface area contributed by atoms with Gasteiger partial charge in [-0.2, -0.15) is 11.8 Å². The highest BCUT2D eigenvalue weighted by molar-refractivity contribution is 14.0. The third kappa shape index (κ3) is 6.81. The largest absolute Gasteiger partial charge is 0.469 e. The average Bonchev–Trinajstić information content (AvgIpc) is 3.01. The van der Waals surface area contributed by atoms with E-state index in [1.807, 2.05) is 23.9 Å². The second-order valence-electron chi connectivity index (χ2n) is 5.46. The fraction of sp³-hybridized carbons (Fsp3) is 0.688. The number of guanidine groups is 1. The Morgan fingerprint density at radius 3 is 3.00 bits per heavy atom. The zero-order valence-corrected chi connectivity index (χ0v) is 16.7. The van der Waals surface area contributed by atoms with Crippen LogP contribution in [-0.2, 0) is 6.42 Å². The first kappa shape index (κ1) is 19.7. The number of thioether (sulfide) groups is 1. The van der Waals surface area contributed by atoms with E-state index in [0.29, 0.717) is 6.04 Å². The van der Waals surface area contributed by atoms with Crippen LogP contribution in [0.4, 0.5) is 0 Å². The van der Waals surface area contributed by atoms with Crippen molar-refractivity contribution in [2.75, 3.05) is 19.3 Å². The summed E-state index contributed by atoms with van der Waals surface area (Å²) in [5.74, 6) is 1.94. The van der Waals surface area contributed by atoms with E-state index < -0.39 is 0 Å². The minimum atomic E-state index is 0. The van der Waals surface area contributed by atoms with Crippen LogP contribution in [0.2, 0.25) is 0 Å². The second kappa shape index (κ2) is 11.2. The smallest absolute Gasteiger partial charge is 0.191 e. The molecule has 0 bridgehead atoms. The maximum atomic E-state index is 5.34. The topological polar surface area (TPSA) is 49.6 Å². The molecule has 1 aromatic rings. The Kier molecular flexibility index (Phi) is 10.0. The van der Waals surface area contributed by atoms with E-state index in [1.54, 1.807) is 6.26 Å². The van der Waals surface area contributed by atoms with Crippen LogP contribution in [0.25, 0.3) is 0 Å². The Labute approximate surface area is 155 Å². The first-order valence-corrected chi connectivity index (χ1v) is 9.20. The van der Waals surface area contributed by atoms with E-state index in [1.165, 1.54) is 25.7 Å². The molecule has 1 fully saturated rings. The highest BCUT2D eigenvalue weighted by Gasteiger charge is 2.21. The van der Waals surface area contributed by atoms with Crippen molar-refractivity contribution in [3.63, 3.8) is 0 Å². The van der Waals surface area contributed by atoms with Crippen molar-refractivity contribution in [1.29, 1.82) is 0 Å². The molecule has 22 heavy (non-hydrogen) atoms. The normalized spacial score (nSPS) is 22.0. The minimum Gasteiger partial charge on any atom is -0.469 e. The summed E-state index contributed by atoms with van der Waals surface area (Å²) in [6.07, 6.45) is 9.94. The van der Waals surface area contributed by atoms with Gasteiger partial charge in [0.1, 0.15) is 5.76 Å². The molecular formula is C16H28IN3OS. The molecule has 1 heterocycles. The van der Waals surface area contributed by atoms with Gasteiger partial charge in [-0.1, -0.05) is 6.42 Å². The zero-order chi connectivity index (χ0) is 14.9. The lowest BCUT2D eigenvalue weighted by molar-refractivity contribution is 0.419. The Balaban J connectivity index is 0.00000242. The average molecular weight is 437 g/mol. The number of nitrogens with one attached hydrogen (secondary N) is 2. The van der Waals surface area contributed by atoms with Gasteiger partial charge < -0.3 is 15.1 Å². The molecule has 2 atom stereocenters. The van der Waals surface area contributed by atoms with Gasteiger partial charge in [0.15, 0.2) is 5.96 Å². The predicted octanol–water partition coefficient (Wildman–Crippen LogP) is 3.67. The van der Waals surface area contributed by atoms with Crippen molar-refractivity contribution in [2.45, 2.75) is 50.3 Å². The van der Waals surface area contributed by atoms with E-state index in [9.17, 15) is 0 Å². The molecule has 4 nitrogen and oxygen atoms in total. The molecule has 0 spiro atoms. The molecule has 2 N–H and O–H groups in total. The van der Waals surface area contributed by atoms with Crippen LogP contribution in [0.3, 0.4) is 0 Å². The molecule has 2 rings (SSSR count). The molecule has 1 aromatic heterocycles. The Bertz CT molecular complexity index is 425. The van der Waals surface area contributed by atoms with Gasteiger partial charge in [0, 0.05) is 30.8 Å². The van der Waals surface area contributed by atoms with Crippen LogP contribution < -0.4 is 10.6 Å². The molecule has 1 aliphatic rings. The summed E-state index contributed by atoms with van der Waals surface area (Å²) in [5.41, 5.74) is 0. The molecule has 0 amide bonds. The lowest BCUT2D eigenvalue weighted by Crippen LogP contribution is -2.45. The van der Waals surface area contributed by atoms with Crippen LogP contribution >= 0.6 is 35.7 Å². The molecule has 0 aliphatic heterocycles. The van der Waals surface area contributed by atoms with Gasteiger partial charge in [0.2, 0.25) is 0 Å². The fourth-order valence-electron chi connectivity index (χ4n) is 2.74. The van der Waals surface area contributed by atoms with Crippen LogP contribution in [0.15, 0.2) is 27.8 Å². The molecule has 2 unspecified atom stereocenters. The van der Waals surface area contributed by atoms with Gasteiger partial charge in [-0.15, -0.1) is 24.0 Å². The van der Waals surface area contributed by atoms with Crippen LogP contribution in [0.5, 0.6) is 0 Å². The fourth-order valence-corrected chi connectivity index (χ4v) is 3.56. The highest BCUT2D eigenvalue weighted by atomic mass is 127. The highest BCUT2D eigenvalue weighted by Crippen LogP contribution is 2.26. The standard InChI is InChI=1S/C16H27N3OS.HI/c1-3-17-16(18-10-9-14-7-5-11-20-14)19-13-6-4-8-15(12-13)21-2;/h5,7,11,13,15H,3-4,6,8-10,12H2,1-2H3,(H2,17,18,19);1H. The molecular weight excluding hydrogens is 409 g/mol. The third-order valence-corrected chi connectivity index (χ3v) is 4.95. The number of halogens is 1. The van der Waals surface area contributed by atoms with E-state index >= 15 is 0 Å².